The Morgan fingerprint density at radius 2 is 2.23 bits per heavy atom. The van der Waals surface area contributed by atoms with E-state index >= 15 is 0 Å². The number of aromatic nitrogens is 3. The van der Waals surface area contributed by atoms with Crippen molar-refractivity contribution in [2.75, 3.05) is 23.7 Å². The number of fused-ring (bicyclic) bond motifs is 1. The standard InChI is InChI=1S/C18H21FN6S/c1-11(2)15-14(19)7-22-17(23-15)25-8-13-9-26-16(20)24-18(13,10-25)12-4-3-5-21-6-12/h3-7,11,13H,8-10H2,1-2H3,(H2,20,24)/t13-,18?/m0/s1. The van der Waals surface area contributed by atoms with Crippen LogP contribution in [-0.4, -0.2) is 39.0 Å². The fourth-order valence-electron chi connectivity index (χ4n) is 3.72. The Bertz CT molecular complexity index is 843. The van der Waals surface area contributed by atoms with E-state index in [-0.39, 0.29) is 17.7 Å². The summed E-state index contributed by atoms with van der Waals surface area (Å²) in [6.07, 6.45) is 4.88. The molecule has 6 nitrogen and oxygen atoms in total. The lowest BCUT2D eigenvalue weighted by Gasteiger charge is -2.34. The quantitative estimate of drug-likeness (QED) is 0.892. The van der Waals surface area contributed by atoms with Crippen molar-refractivity contribution < 1.29 is 4.39 Å². The van der Waals surface area contributed by atoms with Crippen LogP contribution in [0.5, 0.6) is 0 Å². The number of pyridine rings is 1. The highest BCUT2D eigenvalue weighted by Gasteiger charge is 2.51. The molecular formula is C18H21FN6S. The Balaban J connectivity index is 1.74. The molecule has 2 aromatic heterocycles. The van der Waals surface area contributed by atoms with E-state index in [0.29, 0.717) is 23.4 Å². The molecule has 0 aliphatic carbocycles. The second kappa shape index (κ2) is 6.50. The smallest absolute Gasteiger partial charge is 0.225 e. The molecule has 1 unspecified atom stereocenters. The minimum atomic E-state index is -0.459. The van der Waals surface area contributed by atoms with Crippen molar-refractivity contribution in [1.82, 2.24) is 15.0 Å². The summed E-state index contributed by atoms with van der Waals surface area (Å²) in [5.41, 5.74) is 7.10. The van der Waals surface area contributed by atoms with Crippen LogP contribution in [0.4, 0.5) is 10.3 Å². The monoisotopic (exact) mass is 372 g/mol. The van der Waals surface area contributed by atoms with Gasteiger partial charge in [-0.3, -0.25) is 4.98 Å². The van der Waals surface area contributed by atoms with E-state index in [4.69, 9.17) is 10.7 Å². The molecule has 0 saturated carbocycles. The lowest BCUT2D eigenvalue weighted by molar-refractivity contribution is 0.386. The van der Waals surface area contributed by atoms with E-state index in [9.17, 15) is 4.39 Å². The third-order valence-electron chi connectivity index (χ3n) is 5.04. The van der Waals surface area contributed by atoms with Crippen LogP contribution < -0.4 is 10.6 Å². The van der Waals surface area contributed by atoms with E-state index in [1.54, 1.807) is 18.0 Å². The van der Waals surface area contributed by atoms with Gasteiger partial charge in [-0.05, 0) is 12.0 Å². The predicted molar refractivity (Wildman–Crippen MR) is 102 cm³/mol. The molecule has 26 heavy (non-hydrogen) atoms. The summed E-state index contributed by atoms with van der Waals surface area (Å²) in [7, 11) is 0. The number of aliphatic imine (C=N–C) groups is 1. The van der Waals surface area contributed by atoms with Crippen LogP contribution in [0.2, 0.25) is 0 Å². The van der Waals surface area contributed by atoms with Crippen molar-refractivity contribution in [2.45, 2.75) is 25.3 Å². The summed E-state index contributed by atoms with van der Waals surface area (Å²) in [6.45, 7) is 5.21. The van der Waals surface area contributed by atoms with Gasteiger partial charge in [0.15, 0.2) is 11.0 Å². The first kappa shape index (κ1) is 17.2. The van der Waals surface area contributed by atoms with Gasteiger partial charge >= 0.3 is 0 Å². The summed E-state index contributed by atoms with van der Waals surface area (Å²) in [6, 6.07) is 3.96. The van der Waals surface area contributed by atoms with E-state index in [1.807, 2.05) is 32.2 Å². The van der Waals surface area contributed by atoms with Crippen molar-refractivity contribution in [3.63, 3.8) is 0 Å². The first-order valence-electron chi connectivity index (χ1n) is 8.65. The predicted octanol–water partition coefficient (Wildman–Crippen LogP) is 2.53. The van der Waals surface area contributed by atoms with Crippen molar-refractivity contribution >= 4 is 22.9 Å². The van der Waals surface area contributed by atoms with Crippen LogP contribution in [0.25, 0.3) is 0 Å². The van der Waals surface area contributed by atoms with E-state index in [2.05, 4.69) is 19.9 Å². The maximum Gasteiger partial charge on any atom is 0.225 e. The number of hydrogen-bond donors (Lipinski definition) is 1. The number of thioether (sulfide) groups is 1. The van der Waals surface area contributed by atoms with Crippen LogP contribution in [-0.2, 0) is 5.54 Å². The third kappa shape index (κ3) is 2.82. The van der Waals surface area contributed by atoms with Gasteiger partial charge in [-0.15, -0.1) is 0 Å². The highest BCUT2D eigenvalue weighted by atomic mass is 32.2. The van der Waals surface area contributed by atoms with Gasteiger partial charge in [-0.1, -0.05) is 31.7 Å². The molecular weight excluding hydrogens is 351 g/mol. The Morgan fingerprint density at radius 3 is 2.96 bits per heavy atom. The first-order chi connectivity index (χ1) is 12.5. The normalized spacial score (nSPS) is 25.3. The molecule has 0 bridgehead atoms. The molecule has 0 radical (unpaired) electrons. The van der Waals surface area contributed by atoms with Crippen molar-refractivity contribution in [2.24, 2.45) is 16.6 Å². The summed E-state index contributed by atoms with van der Waals surface area (Å²) in [5, 5.41) is 0.592. The first-order valence-corrected chi connectivity index (χ1v) is 9.64. The summed E-state index contributed by atoms with van der Waals surface area (Å²) in [4.78, 5) is 19.9. The molecule has 2 aliphatic rings. The van der Waals surface area contributed by atoms with Gasteiger partial charge in [0, 0.05) is 36.2 Å². The maximum absolute atomic E-state index is 14.0. The Labute approximate surface area is 156 Å². The fraction of sp³-hybridized carbons (Fsp3) is 0.444. The fourth-order valence-corrected chi connectivity index (χ4v) is 4.70. The zero-order chi connectivity index (χ0) is 18.3. The average molecular weight is 372 g/mol. The van der Waals surface area contributed by atoms with Crippen molar-refractivity contribution in [1.29, 1.82) is 0 Å². The topological polar surface area (TPSA) is 80.3 Å². The molecule has 4 rings (SSSR count). The maximum atomic E-state index is 14.0. The molecule has 2 aliphatic heterocycles. The van der Waals surface area contributed by atoms with Crippen molar-refractivity contribution in [3.8, 4) is 0 Å². The number of rotatable bonds is 3. The zero-order valence-electron chi connectivity index (χ0n) is 14.8. The largest absolute Gasteiger partial charge is 0.379 e. The molecule has 0 amide bonds. The third-order valence-corrected chi connectivity index (χ3v) is 6.00. The number of hydrogen-bond acceptors (Lipinski definition) is 7. The number of halogens is 1. The highest BCUT2D eigenvalue weighted by molar-refractivity contribution is 8.13. The lowest BCUT2D eigenvalue weighted by atomic mass is 9.83. The summed E-state index contributed by atoms with van der Waals surface area (Å²) < 4.78 is 14.0. The van der Waals surface area contributed by atoms with Crippen LogP contribution in [0.1, 0.15) is 31.0 Å². The zero-order valence-corrected chi connectivity index (χ0v) is 15.6. The number of anilines is 1. The molecule has 136 valence electrons. The number of nitrogens with two attached hydrogens (primary N) is 1. The number of amidine groups is 1. The summed E-state index contributed by atoms with van der Waals surface area (Å²) in [5.74, 6) is 1.32. The molecule has 1 saturated heterocycles. The van der Waals surface area contributed by atoms with Crippen LogP contribution in [0, 0.1) is 11.7 Å². The van der Waals surface area contributed by atoms with Gasteiger partial charge in [0.2, 0.25) is 5.95 Å². The molecule has 1 fully saturated rings. The molecule has 2 aromatic rings. The highest BCUT2D eigenvalue weighted by Crippen LogP contribution is 2.45. The molecule has 0 spiro atoms. The van der Waals surface area contributed by atoms with Crippen LogP contribution >= 0.6 is 11.8 Å². The van der Waals surface area contributed by atoms with Gasteiger partial charge in [-0.2, -0.15) is 0 Å². The second-order valence-corrected chi connectivity index (χ2v) is 8.10. The van der Waals surface area contributed by atoms with E-state index < -0.39 is 5.54 Å². The van der Waals surface area contributed by atoms with Crippen LogP contribution in [0.15, 0.2) is 35.7 Å². The van der Waals surface area contributed by atoms with Gasteiger partial charge in [0.25, 0.3) is 0 Å². The molecule has 2 N–H and O–H groups in total. The van der Waals surface area contributed by atoms with Gasteiger partial charge in [-0.25, -0.2) is 19.4 Å². The number of nitrogens with zero attached hydrogens (tertiary/aromatic N) is 5. The Kier molecular flexibility index (Phi) is 4.30. The lowest BCUT2D eigenvalue weighted by Crippen LogP contribution is -2.40. The molecule has 4 heterocycles. The van der Waals surface area contributed by atoms with Crippen LogP contribution in [0.3, 0.4) is 0 Å². The minimum Gasteiger partial charge on any atom is -0.379 e. The van der Waals surface area contributed by atoms with E-state index in [0.717, 1.165) is 17.9 Å². The Hall–Kier alpha value is -2.22. The van der Waals surface area contributed by atoms with Gasteiger partial charge in [0.05, 0.1) is 18.4 Å². The average Bonchev–Trinajstić information content (AvgIpc) is 3.02. The van der Waals surface area contributed by atoms with Gasteiger partial charge < -0.3 is 10.6 Å². The molecule has 8 heteroatoms. The molecule has 0 aromatic carbocycles. The SMILES string of the molecule is CC(C)c1nc(N2C[C@H]3CSC(N)=NC3(c3cccnc3)C2)ncc1F. The van der Waals surface area contributed by atoms with E-state index in [1.165, 1.54) is 6.20 Å². The summed E-state index contributed by atoms with van der Waals surface area (Å²) >= 11 is 1.58. The Morgan fingerprint density at radius 1 is 1.38 bits per heavy atom. The van der Waals surface area contributed by atoms with Gasteiger partial charge in [0.1, 0.15) is 5.54 Å². The minimum absolute atomic E-state index is 0.00173. The van der Waals surface area contributed by atoms with Crippen molar-refractivity contribution in [3.05, 3.63) is 47.8 Å². The molecule has 2 atom stereocenters. The second-order valence-electron chi connectivity index (χ2n) is 7.06.